The van der Waals surface area contributed by atoms with Crippen LogP contribution in [0.2, 0.25) is 0 Å². The van der Waals surface area contributed by atoms with Crippen molar-refractivity contribution < 1.29 is 19.1 Å². The molecular weight excluding hydrogens is 246 g/mol. The number of hydrogen-bond acceptors (Lipinski definition) is 4. The third-order valence-electron chi connectivity index (χ3n) is 2.22. The predicted molar refractivity (Wildman–Crippen MR) is 71.8 cm³/mol. The maximum absolute atomic E-state index is 11.6. The Kier molecular flexibility index (Phi) is 4.92. The second-order valence-electron chi connectivity index (χ2n) is 5.11. The van der Waals surface area contributed by atoms with Crippen molar-refractivity contribution in [2.75, 3.05) is 13.7 Å². The summed E-state index contributed by atoms with van der Waals surface area (Å²) in [7, 11) is 1.52. The van der Waals surface area contributed by atoms with Crippen LogP contribution in [-0.2, 0) is 4.79 Å². The van der Waals surface area contributed by atoms with Crippen molar-refractivity contribution in [1.82, 2.24) is 5.32 Å². The van der Waals surface area contributed by atoms with E-state index in [1.165, 1.54) is 7.11 Å². The van der Waals surface area contributed by atoms with Crippen LogP contribution < -0.4 is 14.8 Å². The normalized spacial score (nSPS) is 10.7. The van der Waals surface area contributed by atoms with E-state index in [2.05, 4.69) is 5.32 Å². The number of benzene rings is 1. The van der Waals surface area contributed by atoms with Gasteiger partial charge in [-0.1, -0.05) is 0 Å². The summed E-state index contributed by atoms with van der Waals surface area (Å²) in [4.78, 5) is 22.5. The molecule has 0 saturated heterocycles. The van der Waals surface area contributed by atoms with Crippen LogP contribution >= 0.6 is 0 Å². The van der Waals surface area contributed by atoms with Gasteiger partial charge in [-0.05, 0) is 39.0 Å². The molecule has 1 amide bonds. The molecule has 0 saturated carbocycles. The minimum absolute atomic E-state index is 0.134. The number of carbonyl (C=O) groups excluding carboxylic acids is 2. The summed E-state index contributed by atoms with van der Waals surface area (Å²) >= 11 is 0. The Morgan fingerprint density at radius 2 is 2.05 bits per heavy atom. The van der Waals surface area contributed by atoms with E-state index in [-0.39, 0.29) is 18.1 Å². The predicted octanol–water partition coefficient (Wildman–Crippen LogP) is 1.80. The minimum atomic E-state index is -0.312. The molecule has 0 bridgehead atoms. The Bertz CT molecular complexity index is 463. The SMILES string of the molecule is COc1ccc(OCC(=O)NC(C)(C)C)c(C=O)c1. The minimum Gasteiger partial charge on any atom is -0.497 e. The van der Waals surface area contributed by atoms with Gasteiger partial charge in [-0.25, -0.2) is 0 Å². The topological polar surface area (TPSA) is 64.6 Å². The van der Waals surface area contributed by atoms with Gasteiger partial charge in [0.1, 0.15) is 11.5 Å². The molecule has 0 radical (unpaired) electrons. The summed E-state index contributed by atoms with van der Waals surface area (Å²) in [5, 5.41) is 2.77. The first-order valence-electron chi connectivity index (χ1n) is 5.93. The summed E-state index contributed by atoms with van der Waals surface area (Å²) in [5.41, 5.74) is 0.0382. The smallest absolute Gasteiger partial charge is 0.258 e. The molecule has 0 fully saturated rings. The first-order valence-corrected chi connectivity index (χ1v) is 5.93. The molecule has 0 aliphatic rings. The molecule has 0 aliphatic heterocycles. The summed E-state index contributed by atoms with van der Waals surface area (Å²) < 4.78 is 10.3. The number of rotatable bonds is 5. The van der Waals surface area contributed by atoms with E-state index in [9.17, 15) is 9.59 Å². The van der Waals surface area contributed by atoms with Gasteiger partial charge in [0.05, 0.1) is 12.7 Å². The molecule has 5 nitrogen and oxygen atoms in total. The quantitative estimate of drug-likeness (QED) is 0.824. The highest BCUT2D eigenvalue weighted by molar-refractivity contribution is 5.81. The van der Waals surface area contributed by atoms with Gasteiger partial charge in [-0.2, -0.15) is 0 Å². The largest absolute Gasteiger partial charge is 0.497 e. The van der Waals surface area contributed by atoms with Crippen molar-refractivity contribution in [3.63, 3.8) is 0 Å². The van der Waals surface area contributed by atoms with Gasteiger partial charge in [0, 0.05) is 5.54 Å². The first-order chi connectivity index (χ1) is 8.85. The molecule has 0 spiro atoms. The number of amides is 1. The highest BCUT2D eigenvalue weighted by Crippen LogP contribution is 2.22. The number of aldehydes is 1. The zero-order valence-electron chi connectivity index (χ0n) is 11.6. The summed E-state index contributed by atoms with van der Waals surface area (Å²) in [6, 6.07) is 4.83. The fraction of sp³-hybridized carbons (Fsp3) is 0.429. The molecule has 0 unspecified atom stereocenters. The Morgan fingerprint density at radius 1 is 1.37 bits per heavy atom. The molecule has 1 rings (SSSR count). The fourth-order valence-electron chi connectivity index (χ4n) is 1.47. The van der Waals surface area contributed by atoms with E-state index in [1.807, 2.05) is 20.8 Å². The maximum atomic E-state index is 11.6. The maximum Gasteiger partial charge on any atom is 0.258 e. The van der Waals surface area contributed by atoms with Gasteiger partial charge in [0.25, 0.3) is 5.91 Å². The second kappa shape index (κ2) is 6.22. The van der Waals surface area contributed by atoms with Crippen molar-refractivity contribution in [3.8, 4) is 11.5 Å². The monoisotopic (exact) mass is 265 g/mol. The molecule has 1 aromatic rings. The summed E-state index contributed by atoms with van der Waals surface area (Å²) in [5.74, 6) is 0.689. The molecule has 0 aromatic heterocycles. The van der Waals surface area contributed by atoms with Gasteiger partial charge < -0.3 is 14.8 Å². The Hall–Kier alpha value is -2.04. The summed E-state index contributed by atoms with van der Waals surface area (Å²) in [6.07, 6.45) is 0.666. The Balaban J connectivity index is 2.67. The van der Waals surface area contributed by atoms with Crippen molar-refractivity contribution >= 4 is 12.2 Å². The van der Waals surface area contributed by atoms with Crippen LogP contribution in [0.1, 0.15) is 31.1 Å². The van der Waals surface area contributed by atoms with Crippen LogP contribution in [0.5, 0.6) is 11.5 Å². The van der Waals surface area contributed by atoms with E-state index in [1.54, 1.807) is 18.2 Å². The van der Waals surface area contributed by atoms with Crippen LogP contribution in [0.3, 0.4) is 0 Å². The Labute approximate surface area is 112 Å². The molecule has 19 heavy (non-hydrogen) atoms. The standard InChI is InChI=1S/C14H19NO4/c1-14(2,3)15-13(17)9-19-12-6-5-11(18-4)7-10(12)8-16/h5-8H,9H2,1-4H3,(H,15,17). The van der Waals surface area contributed by atoms with Crippen LogP contribution in [-0.4, -0.2) is 31.4 Å². The average Bonchev–Trinajstić information content (AvgIpc) is 2.34. The van der Waals surface area contributed by atoms with E-state index < -0.39 is 0 Å². The van der Waals surface area contributed by atoms with E-state index >= 15 is 0 Å². The molecule has 5 heteroatoms. The van der Waals surface area contributed by atoms with Gasteiger partial charge in [-0.3, -0.25) is 9.59 Å². The van der Waals surface area contributed by atoms with Crippen molar-refractivity contribution in [2.24, 2.45) is 0 Å². The van der Waals surface area contributed by atoms with Gasteiger partial charge in [0.15, 0.2) is 12.9 Å². The molecule has 1 aromatic carbocycles. The third-order valence-corrected chi connectivity index (χ3v) is 2.22. The lowest BCUT2D eigenvalue weighted by atomic mass is 10.1. The lowest BCUT2D eigenvalue weighted by Gasteiger charge is -2.20. The van der Waals surface area contributed by atoms with E-state index in [4.69, 9.17) is 9.47 Å². The second-order valence-corrected chi connectivity index (χ2v) is 5.11. The van der Waals surface area contributed by atoms with Crippen LogP contribution in [0, 0.1) is 0 Å². The Morgan fingerprint density at radius 3 is 2.58 bits per heavy atom. The van der Waals surface area contributed by atoms with Crippen molar-refractivity contribution in [1.29, 1.82) is 0 Å². The average molecular weight is 265 g/mol. The zero-order valence-corrected chi connectivity index (χ0v) is 11.6. The van der Waals surface area contributed by atoms with Gasteiger partial charge in [0.2, 0.25) is 0 Å². The van der Waals surface area contributed by atoms with E-state index in [0.29, 0.717) is 23.3 Å². The molecule has 0 heterocycles. The van der Waals surface area contributed by atoms with Crippen molar-refractivity contribution in [2.45, 2.75) is 26.3 Å². The van der Waals surface area contributed by atoms with Crippen LogP contribution in [0.4, 0.5) is 0 Å². The molecule has 0 atom stereocenters. The fourth-order valence-corrected chi connectivity index (χ4v) is 1.47. The van der Waals surface area contributed by atoms with Crippen LogP contribution in [0.25, 0.3) is 0 Å². The van der Waals surface area contributed by atoms with E-state index in [0.717, 1.165) is 0 Å². The third kappa shape index (κ3) is 4.99. The number of nitrogens with one attached hydrogen (secondary N) is 1. The van der Waals surface area contributed by atoms with Crippen LogP contribution in [0.15, 0.2) is 18.2 Å². The van der Waals surface area contributed by atoms with Gasteiger partial charge >= 0.3 is 0 Å². The van der Waals surface area contributed by atoms with Gasteiger partial charge in [-0.15, -0.1) is 0 Å². The molecule has 0 aliphatic carbocycles. The highest BCUT2D eigenvalue weighted by atomic mass is 16.5. The lowest BCUT2D eigenvalue weighted by molar-refractivity contribution is -0.124. The highest BCUT2D eigenvalue weighted by Gasteiger charge is 2.14. The number of carbonyl (C=O) groups is 2. The summed E-state index contributed by atoms with van der Waals surface area (Å²) in [6.45, 7) is 5.52. The number of methoxy groups -OCH3 is 1. The molecular formula is C14H19NO4. The number of hydrogen-bond donors (Lipinski definition) is 1. The van der Waals surface area contributed by atoms with Crippen molar-refractivity contribution in [3.05, 3.63) is 23.8 Å². The number of ether oxygens (including phenoxy) is 2. The molecule has 1 N–H and O–H groups in total. The molecule has 104 valence electrons. The first kappa shape index (κ1) is 15.0. The lowest BCUT2D eigenvalue weighted by Crippen LogP contribution is -2.43. The zero-order chi connectivity index (χ0) is 14.5.